The van der Waals surface area contributed by atoms with E-state index in [0.717, 1.165) is 33.6 Å². The molecular formula is C30H33Cl2N5O3. The number of anilines is 1. The molecule has 0 N–H and O–H groups in total. The number of aryl methyl sites for hydroxylation is 2. The third-order valence-corrected chi connectivity index (χ3v) is 8.32. The van der Waals surface area contributed by atoms with Crippen molar-refractivity contribution in [2.45, 2.75) is 53.1 Å². The summed E-state index contributed by atoms with van der Waals surface area (Å²) in [5.74, 6) is -0.315. The van der Waals surface area contributed by atoms with Crippen LogP contribution in [0.15, 0.2) is 36.4 Å². The number of benzene rings is 2. The van der Waals surface area contributed by atoms with E-state index in [1.807, 2.05) is 64.1 Å². The van der Waals surface area contributed by atoms with Crippen molar-refractivity contribution in [2.75, 3.05) is 31.1 Å². The molecule has 2 aliphatic heterocycles. The number of carbonyl (C=O) groups excluding carboxylic acids is 3. The normalized spacial score (nSPS) is 17.1. The molecule has 3 amide bonds. The number of hydrogen-bond donors (Lipinski definition) is 0. The molecule has 0 radical (unpaired) electrons. The van der Waals surface area contributed by atoms with Crippen LogP contribution in [0.3, 0.4) is 0 Å². The number of halogens is 2. The van der Waals surface area contributed by atoms with E-state index in [2.05, 4.69) is 0 Å². The van der Waals surface area contributed by atoms with Gasteiger partial charge >= 0.3 is 0 Å². The highest BCUT2D eigenvalue weighted by atomic mass is 35.5. The van der Waals surface area contributed by atoms with Crippen molar-refractivity contribution in [2.24, 2.45) is 0 Å². The minimum atomic E-state index is -0.461. The highest BCUT2D eigenvalue weighted by Crippen LogP contribution is 2.47. The summed E-state index contributed by atoms with van der Waals surface area (Å²) in [6.45, 7) is 11.6. The zero-order valence-electron chi connectivity index (χ0n) is 23.4. The Labute approximate surface area is 244 Å². The Balaban J connectivity index is 1.59. The predicted molar refractivity (Wildman–Crippen MR) is 156 cm³/mol. The van der Waals surface area contributed by atoms with Crippen molar-refractivity contribution in [3.63, 3.8) is 0 Å². The van der Waals surface area contributed by atoms with Crippen LogP contribution in [0.25, 0.3) is 0 Å². The lowest BCUT2D eigenvalue weighted by Crippen LogP contribution is -2.50. The average molecular weight is 583 g/mol. The van der Waals surface area contributed by atoms with Crippen LogP contribution < -0.4 is 4.90 Å². The molecule has 1 saturated heterocycles. The number of fused-ring (bicyclic) bond motifs is 1. The Morgan fingerprint density at radius 3 is 2.20 bits per heavy atom. The fraction of sp³-hybridized carbons (Fsp3) is 0.400. The van der Waals surface area contributed by atoms with Gasteiger partial charge in [0.25, 0.3) is 5.91 Å². The Morgan fingerprint density at radius 2 is 1.57 bits per heavy atom. The van der Waals surface area contributed by atoms with E-state index >= 15 is 0 Å². The van der Waals surface area contributed by atoms with Crippen LogP contribution in [-0.2, 0) is 16.1 Å². The highest BCUT2D eigenvalue weighted by molar-refractivity contribution is 6.31. The molecule has 1 fully saturated rings. The minimum absolute atomic E-state index is 0.0121. The second-order valence-electron chi connectivity index (χ2n) is 10.9. The molecule has 3 heterocycles. The van der Waals surface area contributed by atoms with Crippen LogP contribution in [-0.4, -0.2) is 63.5 Å². The molecule has 0 aliphatic carbocycles. The summed E-state index contributed by atoms with van der Waals surface area (Å²) in [6.07, 6.45) is 0. The lowest BCUT2D eigenvalue weighted by molar-refractivity contribution is -0.139. The van der Waals surface area contributed by atoms with Crippen molar-refractivity contribution in [3.05, 3.63) is 80.1 Å². The van der Waals surface area contributed by atoms with Crippen LogP contribution in [0.5, 0.6) is 0 Å². The molecule has 0 bridgehead atoms. The number of nitrogens with zero attached hydrogens (tertiary/aromatic N) is 5. The number of amides is 3. The van der Waals surface area contributed by atoms with Crippen molar-refractivity contribution >= 4 is 46.6 Å². The molecule has 0 saturated carbocycles. The van der Waals surface area contributed by atoms with E-state index in [0.29, 0.717) is 41.9 Å². The van der Waals surface area contributed by atoms with Crippen molar-refractivity contribution in [1.82, 2.24) is 19.6 Å². The van der Waals surface area contributed by atoms with E-state index in [-0.39, 0.29) is 30.2 Å². The maximum atomic E-state index is 14.1. The van der Waals surface area contributed by atoms with E-state index in [4.69, 9.17) is 28.3 Å². The molecular weight excluding hydrogens is 549 g/mol. The summed E-state index contributed by atoms with van der Waals surface area (Å²) in [5.41, 5.74) is 5.51. The quantitative estimate of drug-likeness (QED) is 0.405. The van der Waals surface area contributed by atoms with Gasteiger partial charge in [-0.3, -0.25) is 24.0 Å². The van der Waals surface area contributed by atoms with Crippen molar-refractivity contribution in [1.29, 1.82) is 0 Å². The third kappa shape index (κ3) is 4.99. The molecule has 1 unspecified atom stereocenters. The van der Waals surface area contributed by atoms with E-state index < -0.39 is 6.04 Å². The zero-order valence-corrected chi connectivity index (χ0v) is 24.9. The van der Waals surface area contributed by atoms with Gasteiger partial charge in [0.1, 0.15) is 6.54 Å². The predicted octanol–water partition coefficient (Wildman–Crippen LogP) is 5.37. The largest absolute Gasteiger partial charge is 0.339 e. The maximum absolute atomic E-state index is 14.1. The van der Waals surface area contributed by atoms with Gasteiger partial charge in [0.2, 0.25) is 11.8 Å². The summed E-state index contributed by atoms with van der Waals surface area (Å²) in [4.78, 5) is 44.5. The SMILES string of the molecule is CC(=O)N1CCN(C(=O)Cn2nc3c(c2C(C)C)C(c2ccc(Cl)cc2C)N(c2cc(Cl)ccc2C)C3=O)CC1. The molecule has 1 atom stereocenters. The van der Waals surface area contributed by atoms with E-state index in [1.54, 1.807) is 26.3 Å². The molecule has 2 aromatic carbocycles. The number of rotatable bonds is 5. The number of aromatic nitrogens is 2. The Bertz CT molecular complexity index is 1510. The third-order valence-electron chi connectivity index (χ3n) is 7.85. The number of piperazine rings is 1. The molecule has 10 heteroatoms. The second-order valence-corrected chi connectivity index (χ2v) is 11.7. The van der Waals surface area contributed by atoms with Gasteiger partial charge in [-0.1, -0.05) is 49.2 Å². The fourth-order valence-electron chi connectivity index (χ4n) is 5.84. The number of hydrogen-bond acceptors (Lipinski definition) is 4. The van der Waals surface area contributed by atoms with Gasteiger partial charge in [-0.2, -0.15) is 5.10 Å². The maximum Gasteiger partial charge on any atom is 0.280 e. The lowest BCUT2D eigenvalue weighted by atomic mass is 9.91. The van der Waals surface area contributed by atoms with Gasteiger partial charge in [-0.15, -0.1) is 0 Å². The topological polar surface area (TPSA) is 78.8 Å². The lowest BCUT2D eigenvalue weighted by Gasteiger charge is -2.34. The molecule has 0 spiro atoms. The molecule has 210 valence electrons. The molecule has 5 rings (SSSR count). The Morgan fingerprint density at radius 1 is 0.950 bits per heavy atom. The summed E-state index contributed by atoms with van der Waals surface area (Å²) in [5, 5.41) is 5.93. The Kier molecular flexibility index (Phi) is 7.68. The first-order valence-electron chi connectivity index (χ1n) is 13.5. The van der Waals surface area contributed by atoms with Crippen LogP contribution in [0.4, 0.5) is 5.69 Å². The van der Waals surface area contributed by atoms with E-state index in [9.17, 15) is 14.4 Å². The van der Waals surface area contributed by atoms with Gasteiger partial charge in [0.05, 0.1) is 6.04 Å². The first-order valence-corrected chi connectivity index (χ1v) is 14.2. The minimum Gasteiger partial charge on any atom is -0.339 e. The molecule has 2 aliphatic rings. The van der Waals surface area contributed by atoms with Gasteiger partial charge in [0, 0.05) is 60.1 Å². The molecule has 40 heavy (non-hydrogen) atoms. The van der Waals surface area contributed by atoms with Gasteiger partial charge in [0.15, 0.2) is 5.69 Å². The molecule has 3 aromatic rings. The first-order chi connectivity index (χ1) is 19.0. The van der Waals surface area contributed by atoms with Gasteiger partial charge < -0.3 is 9.80 Å². The fourth-order valence-corrected chi connectivity index (χ4v) is 6.23. The zero-order chi connectivity index (χ0) is 28.9. The van der Waals surface area contributed by atoms with Crippen molar-refractivity contribution in [3.8, 4) is 0 Å². The second kappa shape index (κ2) is 10.9. The first kappa shape index (κ1) is 28.2. The monoisotopic (exact) mass is 581 g/mol. The van der Waals surface area contributed by atoms with Crippen LogP contribution >= 0.6 is 23.2 Å². The Hall–Kier alpha value is -3.36. The summed E-state index contributed by atoms with van der Waals surface area (Å²) in [7, 11) is 0. The highest BCUT2D eigenvalue weighted by Gasteiger charge is 2.45. The smallest absolute Gasteiger partial charge is 0.280 e. The molecule has 8 nitrogen and oxygen atoms in total. The van der Waals surface area contributed by atoms with Crippen LogP contribution in [0.1, 0.15) is 71.2 Å². The summed E-state index contributed by atoms with van der Waals surface area (Å²) >= 11 is 12.7. The molecule has 1 aromatic heterocycles. The standard InChI is InChI=1S/C30H33Cl2N5O3/c1-17(2)28-26-27(33-36(28)16-25(39)35-12-10-34(11-13-35)20(5)38)30(40)37(24-15-22(32)7-6-18(24)3)29(26)23-9-8-21(31)14-19(23)4/h6-9,14-15,17,29H,10-13,16H2,1-5H3. The van der Waals surface area contributed by atoms with Crippen LogP contribution in [0, 0.1) is 13.8 Å². The van der Waals surface area contributed by atoms with Crippen LogP contribution in [0.2, 0.25) is 10.0 Å². The van der Waals surface area contributed by atoms with E-state index in [1.165, 1.54) is 0 Å². The number of carbonyl (C=O) groups is 3. The van der Waals surface area contributed by atoms with Gasteiger partial charge in [-0.25, -0.2) is 0 Å². The van der Waals surface area contributed by atoms with Gasteiger partial charge in [-0.05, 0) is 60.7 Å². The summed E-state index contributed by atoms with van der Waals surface area (Å²) in [6, 6.07) is 10.7. The summed E-state index contributed by atoms with van der Waals surface area (Å²) < 4.78 is 1.70. The van der Waals surface area contributed by atoms with Crippen molar-refractivity contribution < 1.29 is 14.4 Å². The average Bonchev–Trinajstić information content (AvgIpc) is 3.40.